The molecular formula is C23H18F3N5O. The fourth-order valence-corrected chi connectivity index (χ4v) is 3.45. The molecule has 162 valence electrons. The van der Waals surface area contributed by atoms with Gasteiger partial charge < -0.3 is 9.80 Å². The molecule has 1 fully saturated rings. The van der Waals surface area contributed by atoms with E-state index in [2.05, 4.69) is 26.8 Å². The highest BCUT2D eigenvalue weighted by Gasteiger charge is 2.36. The van der Waals surface area contributed by atoms with Crippen LogP contribution in [0.4, 0.5) is 19.0 Å². The highest BCUT2D eigenvalue weighted by molar-refractivity contribution is 5.96. The van der Waals surface area contributed by atoms with Crippen LogP contribution < -0.4 is 4.90 Å². The van der Waals surface area contributed by atoms with Crippen LogP contribution in [-0.4, -0.2) is 51.9 Å². The zero-order chi connectivity index (χ0) is 22.6. The van der Waals surface area contributed by atoms with Crippen molar-refractivity contribution < 1.29 is 18.0 Å². The lowest BCUT2D eigenvalue weighted by atomic mass is 10.1. The summed E-state index contributed by atoms with van der Waals surface area (Å²) in [4.78, 5) is 28.7. The molecule has 0 spiro atoms. The van der Waals surface area contributed by atoms with Crippen molar-refractivity contribution in [3.05, 3.63) is 83.6 Å². The van der Waals surface area contributed by atoms with Crippen LogP contribution in [0.2, 0.25) is 0 Å². The monoisotopic (exact) mass is 437 g/mol. The van der Waals surface area contributed by atoms with Gasteiger partial charge in [0.2, 0.25) is 0 Å². The molecule has 9 heteroatoms. The summed E-state index contributed by atoms with van der Waals surface area (Å²) in [5.74, 6) is 6.03. The van der Waals surface area contributed by atoms with Crippen LogP contribution in [0.25, 0.3) is 0 Å². The van der Waals surface area contributed by atoms with Gasteiger partial charge in [-0.05, 0) is 30.2 Å². The van der Waals surface area contributed by atoms with Gasteiger partial charge in [0.15, 0.2) is 0 Å². The van der Waals surface area contributed by atoms with Gasteiger partial charge in [-0.25, -0.2) is 9.97 Å². The first-order valence-electron chi connectivity index (χ1n) is 9.87. The fourth-order valence-electron chi connectivity index (χ4n) is 3.45. The van der Waals surface area contributed by atoms with Gasteiger partial charge in [-0.1, -0.05) is 18.1 Å². The molecule has 0 unspecified atom stereocenters. The average molecular weight is 437 g/mol. The summed E-state index contributed by atoms with van der Waals surface area (Å²) < 4.78 is 39.9. The molecule has 0 atom stereocenters. The number of nitrogens with zero attached hydrogens (tertiary/aromatic N) is 5. The minimum Gasteiger partial charge on any atom is -0.352 e. The third-order valence-electron chi connectivity index (χ3n) is 5.00. The van der Waals surface area contributed by atoms with E-state index in [9.17, 15) is 18.0 Å². The third-order valence-corrected chi connectivity index (χ3v) is 5.00. The van der Waals surface area contributed by atoms with Crippen LogP contribution >= 0.6 is 0 Å². The summed E-state index contributed by atoms with van der Waals surface area (Å²) in [6.07, 6.45) is 1.75. The van der Waals surface area contributed by atoms with Crippen molar-refractivity contribution in [2.75, 3.05) is 31.1 Å². The van der Waals surface area contributed by atoms with Gasteiger partial charge in [-0.3, -0.25) is 9.78 Å². The van der Waals surface area contributed by atoms with E-state index >= 15 is 0 Å². The van der Waals surface area contributed by atoms with Gasteiger partial charge in [0, 0.05) is 44.8 Å². The van der Waals surface area contributed by atoms with E-state index in [1.807, 2.05) is 11.0 Å². The van der Waals surface area contributed by atoms with Crippen LogP contribution in [0.15, 0.2) is 61.2 Å². The number of hydrogen-bond acceptors (Lipinski definition) is 5. The Morgan fingerprint density at radius 3 is 2.41 bits per heavy atom. The van der Waals surface area contributed by atoms with Gasteiger partial charge in [-0.2, -0.15) is 13.2 Å². The molecule has 0 saturated carbocycles. The molecule has 0 N–H and O–H groups in total. The first kappa shape index (κ1) is 21.3. The molecule has 4 rings (SSSR count). The number of anilines is 1. The van der Waals surface area contributed by atoms with E-state index in [1.165, 1.54) is 23.1 Å². The van der Waals surface area contributed by atoms with Crippen LogP contribution in [-0.2, 0) is 6.18 Å². The lowest BCUT2D eigenvalue weighted by molar-refractivity contribution is -0.138. The van der Waals surface area contributed by atoms with Gasteiger partial charge in [0.05, 0.1) is 22.9 Å². The normalized spacial score (nSPS) is 14.0. The maximum absolute atomic E-state index is 13.3. The predicted molar refractivity (Wildman–Crippen MR) is 112 cm³/mol. The van der Waals surface area contributed by atoms with Crippen molar-refractivity contribution in [1.29, 1.82) is 0 Å². The minimum atomic E-state index is -4.58. The van der Waals surface area contributed by atoms with Crippen LogP contribution in [0.5, 0.6) is 0 Å². The van der Waals surface area contributed by atoms with Gasteiger partial charge in [0.25, 0.3) is 5.91 Å². The standard InChI is InChI=1S/C23H18F3N5O/c24-23(25,26)20-6-2-1-5-19(20)22(32)31-14-12-30(13-15-31)21-17(4-3-9-29-21)7-8-18-16-27-10-11-28-18/h1-6,9-11,16H,12-15H2. The van der Waals surface area contributed by atoms with E-state index in [1.54, 1.807) is 30.9 Å². The van der Waals surface area contributed by atoms with Crippen molar-refractivity contribution >= 4 is 11.7 Å². The second-order valence-corrected chi connectivity index (χ2v) is 7.04. The Kier molecular flexibility index (Phi) is 6.03. The lowest BCUT2D eigenvalue weighted by Gasteiger charge is -2.36. The molecule has 0 aliphatic carbocycles. The molecule has 1 aliphatic heterocycles. The minimum absolute atomic E-state index is 0.276. The van der Waals surface area contributed by atoms with Crippen LogP contribution in [0, 0.1) is 11.8 Å². The number of halogens is 3. The summed E-state index contributed by atoms with van der Waals surface area (Å²) in [6.45, 7) is 1.41. The smallest absolute Gasteiger partial charge is 0.352 e. The number of benzene rings is 1. The Hall–Kier alpha value is -3.93. The van der Waals surface area contributed by atoms with E-state index in [0.29, 0.717) is 30.2 Å². The number of carbonyl (C=O) groups is 1. The Bertz CT molecular complexity index is 1160. The first-order valence-corrected chi connectivity index (χ1v) is 9.87. The van der Waals surface area contributed by atoms with Crippen molar-refractivity contribution in [3.8, 4) is 11.8 Å². The molecule has 1 saturated heterocycles. The largest absolute Gasteiger partial charge is 0.417 e. The number of alkyl halides is 3. The maximum Gasteiger partial charge on any atom is 0.417 e. The second kappa shape index (κ2) is 9.06. The molecule has 0 radical (unpaired) electrons. The zero-order valence-corrected chi connectivity index (χ0v) is 16.9. The summed E-state index contributed by atoms with van der Waals surface area (Å²) in [7, 11) is 0. The summed E-state index contributed by atoms with van der Waals surface area (Å²) in [6, 6.07) is 8.48. The van der Waals surface area contributed by atoms with Crippen LogP contribution in [0.1, 0.15) is 27.2 Å². The van der Waals surface area contributed by atoms with Crippen molar-refractivity contribution in [3.63, 3.8) is 0 Å². The number of hydrogen-bond donors (Lipinski definition) is 0. The van der Waals surface area contributed by atoms with E-state index < -0.39 is 17.6 Å². The summed E-state index contributed by atoms with van der Waals surface area (Å²) >= 11 is 0. The molecule has 1 aromatic carbocycles. The Morgan fingerprint density at radius 2 is 1.69 bits per heavy atom. The summed E-state index contributed by atoms with van der Waals surface area (Å²) in [5, 5.41) is 0. The Labute approximate surface area is 182 Å². The third kappa shape index (κ3) is 4.70. The Balaban J connectivity index is 1.49. The van der Waals surface area contributed by atoms with Crippen LogP contribution in [0.3, 0.4) is 0 Å². The van der Waals surface area contributed by atoms with E-state index in [0.717, 1.165) is 6.07 Å². The molecule has 1 amide bonds. The molecule has 32 heavy (non-hydrogen) atoms. The molecule has 3 heterocycles. The van der Waals surface area contributed by atoms with Crippen molar-refractivity contribution in [1.82, 2.24) is 19.9 Å². The highest BCUT2D eigenvalue weighted by Crippen LogP contribution is 2.32. The average Bonchev–Trinajstić information content (AvgIpc) is 2.83. The van der Waals surface area contributed by atoms with Crippen molar-refractivity contribution in [2.24, 2.45) is 0 Å². The fraction of sp³-hybridized carbons (Fsp3) is 0.217. The topological polar surface area (TPSA) is 62.2 Å². The molecule has 2 aromatic heterocycles. The number of pyridine rings is 1. The number of carbonyl (C=O) groups excluding carboxylic acids is 1. The molecular weight excluding hydrogens is 419 g/mol. The van der Waals surface area contributed by atoms with Gasteiger partial charge >= 0.3 is 6.18 Å². The van der Waals surface area contributed by atoms with Gasteiger partial charge in [-0.15, -0.1) is 0 Å². The SMILES string of the molecule is O=C(c1ccccc1C(F)(F)F)N1CCN(c2ncccc2C#Cc2cnccn2)CC1. The highest BCUT2D eigenvalue weighted by atomic mass is 19.4. The molecule has 0 bridgehead atoms. The quantitative estimate of drug-likeness (QED) is 0.576. The first-order chi connectivity index (χ1) is 15.4. The zero-order valence-electron chi connectivity index (χ0n) is 16.9. The predicted octanol–water partition coefficient (Wildman–Crippen LogP) is 3.25. The number of aromatic nitrogens is 3. The van der Waals surface area contributed by atoms with Crippen molar-refractivity contribution in [2.45, 2.75) is 6.18 Å². The molecule has 6 nitrogen and oxygen atoms in total. The van der Waals surface area contributed by atoms with Gasteiger partial charge in [0.1, 0.15) is 11.5 Å². The molecule has 1 aliphatic rings. The second-order valence-electron chi connectivity index (χ2n) is 7.04. The molecule has 3 aromatic rings. The maximum atomic E-state index is 13.3. The number of rotatable bonds is 2. The lowest BCUT2D eigenvalue weighted by Crippen LogP contribution is -2.49. The van der Waals surface area contributed by atoms with E-state index in [4.69, 9.17) is 0 Å². The number of amides is 1. The summed E-state index contributed by atoms with van der Waals surface area (Å²) in [5.41, 5.74) is -0.0260. The Morgan fingerprint density at radius 1 is 0.906 bits per heavy atom. The van der Waals surface area contributed by atoms with E-state index in [-0.39, 0.29) is 18.7 Å². The number of piperazine rings is 1.